The van der Waals surface area contributed by atoms with Crippen LogP contribution in [-0.2, 0) is 19.5 Å². The van der Waals surface area contributed by atoms with Crippen molar-refractivity contribution < 1.29 is 0 Å². The van der Waals surface area contributed by atoms with E-state index in [9.17, 15) is 0 Å². The molecule has 0 saturated carbocycles. The zero-order valence-corrected chi connectivity index (χ0v) is 12.8. The molecule has 3 nitrogen and oxygen atoms in total. The highest BCUT2D eigenvalue weighted by Gasteiger charge is 2.24. The smallest absolute Gasteiger partial charge is 0.155 e. The molecule has 0 unspecified atom stereocenters. The van der Waals surface area contributed by atoms with E-state index in [1.54, 1.807) is 0 Å². The molecule has 106 valence electrons. The normalized spacial score (nSPS) is 15.6. The number of benzene rings is 1. The van der Waals surface area contributed by atoms with Crippen molar-refractivity contribution in [3.63, 3.8) is 0 Å². The van der Waals surface area contributed by atoms with E-state index in [4.69, 9.17) is 11.6 Å². The van der Waals surface area contributed by atoms with E-state index in [0.29, 0.717) is 11.2 Å². The Bertz CT molecular complexity index is 589. The van der Waals surface area contributed by atoms with Crippen molar-refractivity contribution >= 4 is 11.6 Å². The number of rotatable bonds is 3. The Hall–Kier alpha value is -1.32. The SMILES string of the molecule is CC(C)n1nc(Cl)c2c1CCN(Cc1ccccc1)C2. The molecular formula is C16H20ClN3. The molecule has 0 atom stereocenters. The van der Waals surface area contributed by atoms with Crippen molar-refractivity contribution in [2.75, 3.05) is 6.54 Å². The third-order valence-corrected chi connectivity index (χ3v) is 4.16. The summed E-state index contributed by atoms with van der Waals surface area (Å²) in [7, 11) is 0. The quantitative estimate of drug-likeness (QED) is 0.859. The maximum Gasteiger partial charge on any atom is 0.155 e. The molecule has 2 heterocycles. The van der Waals surface area contributed by atoms with Crippen molar-refractivity contribution in [2.24, 2.45) is 0 Å². The molecule has 2 aromatic rings. The lowest BCUT2D eigenvalue weighted by atomic mass is 10.1. The first-order valence-corrected chi connectivity index (χ1v) is 7.55. The van der Waals surface area contributed by atoms with Gasteiger partial charge in [0, 0.05) is 43.4 Å². The fraction of sp³-hybridized carbons (Fsp3) is 0.438. The molecule has 0 N–H and O–H groups in total. The van der Waals surface area contributed by atoms with Gasteiger partial charge in [0.25, 0.3) is 0 Å². The lowest BCUT2D eigenvalue weighted by Crippen LogP contribution is -2.31. The van der Waals surface area contributed by atoms with E-state index in [2.05, 4.69) is 58.9 Å². The van der Waals surface area contributed by atoms with Crippen LogP contribution in [0.4, 0.5) is 0 Å². The highest BCUT2D eigenvalue weighted by molar-refractivity contribution is 6.30. The van der Waals surface area contributed by atoms with Gasteiger partial charge in [0.2, 0.25) is 0 Å². The standard InChI is InChI=1S/C16H20ClN3/c1-12(2)20-15-8-9-19(11-14(15)16(17)18-20)10-13-6-4-3-5-7-13/h3-7,12H,8-11H2,1-2H3. The number of hydrogen-bond donors (Lipinski definition) is 0. The zero-order chi connectivity index (χ0) is 14.1. The van der Waals surface area contributed by atoms with E-state index in [-0.39, 0.29) is 0 Å². The second kappa shape index (κ2) is 5.58. The summed E-state index contributed by atoms with van der Waals surface area (Å²) < 4.78 is 2.08. The topological polar surface area (TPSA) is 21.1 Å². The number of hydrogen-bond acceptors (Lipinski definition) is 2. The molecule has 20 heavy (non-hydrogen) atoms. The molecule has 0 radical (unpaired) electrons. The second-order valence-electron chi connectivity index (χ2n) is 5.70. The molecule has 1 aliphatic heterocycles. The molecular weight excluding hydrogens is 270 g/mol. The molecule has 1 aromatic carbocycles. The van der Waals surface area contributed by atoms with Crippen molar-refractivity contribution in [1.29, 1.82) is 0 Å². The number of nitrogens with zero attached hydrogens (tertiary/aromatic N) is 3. The van der Waals surface area contributed by atoms with Crippen LogP contribution < -0.4 is 0 Å². The predicted molar refractivity (Wildman–Crippen MR) is 81.9 cm³/mol. The summed E-state index contributed by atoms with van der Waals surface area (Å²) in [6.07, 6.45) is 1.03. The number of fused-ring (bicyclic) bond motifs is 1. The predicted octanol–water partition coefficient (Wildman–Crippen LogP) is 3.68. The molecule has 0 spiro atoms. The average Bonchev–Trinajstić information content (AvgIpc) is 2.77. The summed E-state index contributed by atoms with van der Waals surface area (Å²) in [5.74, 6) is 0. The highest BCUT2D eigenvalue weighted by Crippen LogP contribution is 2.28. The summed E-state index contributed by atoms with van der Waals surface area (Å²) in [5, 5.41) is 5.16. The van der Waals surface area contributed by atoms with Crippen LogP contribution in [0, 0.1) is 0 Å². The second-order valence-corrected chi connectivity index (χ2v) is 6.06. The van der Waals surface area contributed by atoms with Crippen LogP contribution in [-0.4, -0.2) is 21.2 Å². The van der Waals surface area contributed by atoms with Gasteiger partial charge in [-0.15, -0.1) is 0 Å². The first kappa shape index (κ1) is 13.7. The van der Waals surface area contributed by atoms with E-state index in [0.717, 1.165) is 26.1 Å². The van der Waals surface area contributed by atoms with Crippen LogP contribution in [0.15, 0.2) is 30.3 Å². The molecule has 0 bridgehead atoms. The van der Waals surface area contributed by atoms with E-state index < -0.39 is 0 Å². The minimum Gasteiger partial charge on any atom is -0.294 e. The van der Waals surface area contributed by atoms with Crippen molar-refractivity contribution in [1.82, 2.24) is 14.7 Å². The number of aromatic nitrogens is 2. The third-order valence-electron chi connectivity index (χ3n) is 3.85. The molecule has 1 aromatic heterocycles. The van der Waals surface area contributed by atoms with Crippen LogP contribution in [0.2, 0.25) is 5.15 Å². The van der Waals surface area contributed by atoms with E-state index in [1.165, 1.54) is 16.8 Å². The maximum absolute atomic E-state index is 6.32. The van der Waals surface area contributed by atoms with Crippen LogP contribution >= 0.6 is 11.6 Å². The van der Waals surface area contributed by atoms with Gasteiger partial charge in [0.15, 0.2) is 5.15 Å². The van der Waals surface area contributed by atoms with Crippen molar-refractivity contribution in [2.45, 2.75) is 39.4 Å². The van der Waals surface area contributed by atoms with Crippen molar-refractivity contribution in [3.8, 4) is 0 Å². The first-order valence-electron chi connectivity index (χ1n) is 7.17. The van der Waals surface area contributed by atoms with Crippen LogP contribution in [0.3, 0.4) is 0 Å². The Balaban J connectivity index is 1.79. The Kier molecular flexibility index (Phi) is 3.81. The summed E-state index contributed by atoms with van der Waals surface area (Å²) in [4.78, 5) is 2.44. The molecule has 0 fully saturated rings. The summed E-state index contributed by atoms with van der Waals surface area (Å²) in [6.45, 7) is 7.25. The van der Waals surface area contributed by atoms with Gasteiger partial charge in [-0.1, -0.05) is 41.9 Å². The molecule has 0 amide bonds. The van der Waals surface area contributed by atoms with Crippen LogP contribution in [0.1, 0.15) is 36.7 Å². The van der Waals surface area contributed by atoms with Gasteiger partial charge in [-0.25, -0.2) is 0 Å². The summed E-state index contributed by atoms with van der Waals surface area (Å²) in [6, 6.07) is 11.0. The Labute approximate surface area is 125 Å². The van der Waals surface area contributed by atoms with Gasteiger partial charge in [-0.2, -0.15) is 5.10 Å². The zero-order valence-electron chi connectivity index (χ0n) is 12.0. The minimum absolute atomic E-state index is 0.372. The van der Waals surface area contributed by atoms with Gasteiger partial charge in [-0.05, 0) is 19.4 Å². The van der Waals surface area contributed by atoms with Gasteiger partial charge >= 0.3 is 0 Å². The fourth-order valence-corrected chi connectivity index (χ4v) is 3.12. The summed E-state index contributed by atoms with van der Waals surface area (Å²) in [5.41, 5.74) is 3.88. The third kappa shape index (κ3) is 2.60. The Morgan fingerprint density at radius 1 is 1.25 bits per heavy atom. The fourth-order valence-electron chi connectivity index (χ4n) is 2.86. The maximum atomic E-state index is 6.32. The van der Waals surface area contributed by atoms with Crippen molar-refractivity contribution in [3.05, 3.63) is 52.3 Å². The minimum atomic E-state index is 0.372. The average molecular weight is 290 g/mol. The van der Waals surface area contributed by atoms with Gasteiger partial charge in [0.1, 0.15) is 0 Å². The molecule has 4 heteroatoms. The highest BCUT2D eigenvalue weighted by atomic mass is 35.5. The van der Waals surface area contributed by atoms with E-state index >= 15 is 0 Å². The van der Waals surface area contributed by atoms with Gasteiger partial charge in [0.05, 0.1) is 0 Å². The lowest BCUT2D eigenvalue weighted by molar-refractivity contribution is 0.241. The largest absolute Gasteiger partial charge is 0.294 e. The molecule has 1 aliphatic rings. The molecule has 0 aliphatic carbocycles. The van der Waals surface area contributed by atoms with Crippen LogP contribution in [0.5, 0.6) is 0 Å². The lowest BCUT2D eigenvalue weighted by Gasteiger charge is -2.28. The monoisotopic (exact) mass is 289 g/mol. The molecule has 0 saturated heterocycles. The Morgan fingerprint density at radius 2 is 2.00 bits per heavy atom. The first-order chi connectivity index (χ1) is 9.65. The number of halogens is 1. The van der Waals surface area contributed by atoms with Gasteiger partial charge < -0.3 is 0 Å². The Morgan fingerprint density at radius 3 is 2.70 bits per heavy atom. The summed E-state index contributed by atoms with van der Waals surface area (Å²) >= 11 is 6.32. The van der Waals surface area contributed by atoms with Gasteiger partial charge in [-0.3, -0.25) is 9.58 Å². The molecule has 3 rings (SSSR count). The van der Waals surface area contributed by atoms with E-state index in [1.807, 2.05) is 0 Å². The van der Waals surface area contributed by atoms with Crippen LogP contribution in [0.25, 0.3) is 0 Å².